The van der Waals surface area contributed by atoms with Gasteiger partial charge in [-0.3, -0.25) is 0 Å². The first-order chi connectivity index (χ1) is 7.02. The Hall–Kier alpha value is -1.91. The van der Waals surface area contributed by atoms with Gasteiger partial charge in [0.15, 0.2) is 11.3 Å². The van der Waals surface area contributed by atoms with Crippen LogP contribution in [0, 0.1) is 20.8 Å². The minimum atomic E-state index is -0.573. The minimum Gasteiger partial charge on any atom is -0.504 e. The van der Waals surface area contributed by atoms with E-state index in [1.54, 1.807) is 13.8 Å². The van der Waals surface area contributed by atoms with Crippen molar-refractivity contribution in [3.63, 3.8) is 0 Å². The zero-order chi connectivity index (χ0) is 11.2. The standard InChI is InChI=1S/C10H10N2O3/c1-4-5(2)11-12-8-7(4)9(13)6(3)15-10(8)14/h13H,1-3H3. The number of aromatic nitrogens is 2. The maximum atomic E-state index is 11.4. The van der Waals surface area contributed by atoms with Crippen LogP contribution in [0.2, 0.25) is 0 Å². The Bertz CT molecular complexity index is 593. The molecule has 5 nitrogen and oxygen atoms in total. The summed E-state index contributed by atoms with van der Waals surface area (Å²) in [4.78, 5) is 11.4. The SMILES string of the molecule is Cc1nnc2c(=O)oc(C)c(O)c2c1C. The quantitative estimate of drug-likeness (QED) is 0.701. The maximum Gasteiger partial charge on any atom is 0.364 e. The fourth-order valence-electron chi connectivity index (χ4n) is 1.45. The van der Waals surface area contributed by atoms with Crippen LogP contribution in [-0.4, -0.2) is 15.3 Å². The maximum absolute atomic E-state index is 11.4. The molecule has 2 heterocycles. The predicted octanol–water partition coefficient (Wildman–Crippen LogP) is 1.21. The topological polar surface area (TPSA) is 76.2 Å². The molecule has 0 saturated carbocycles. The van der Waals surface area contributed by atoms with Crippen LogP contribution in [0.25, 0.3) is 10.9 Å². The van der Waals surface area contributed by atoms with E-state index in [1.165, 1.54) is 6.92 Å². The number of rotatable bonds is 0. The van der Waals surface area contributed by atoms with E-state index in [0.717, 1.165) is 5.56 Å². The molecule has 0 fully saturated rings. The molecule has 78 valence electrons. The summed E-state index contributed by atoms with van der Waals surface area (Å²) in [6, 6.07) is 0. The van der Waals surface area contributed by atoms with E-state index in [2.05, 4.69) is 10.2 Å². The van der Waals surface area contributed by atoms with Crippen LogP contribution in [-0.2, 0) is 0 Å². The van der Waals surface area contributed by atoms with Crippen LogP contribution < -0.4 is 5.63 Å². The van der Waals surface area contributed by atoms with Crippen molar-refractivity contribution in [1.82, 2.24) is 10.2 Å². The molecule has 2 rings (SSSR count). The van der Waals surface area contributed by atoms with Gasteiger partial charge in [-0.05, 0) is 26.3 Å². The molecular weight excluding hydrogens is 196 g/mol. The highest BCUT2D eigenvalue weighted by atomic mass is 16.4. The van der Waals surface area contributed by atoms with E-state index >= 15 is 0 Å². The van der Waals surface area contributed by atoms with Crippen molar-refractivity contribution in [3.05, 3.63) is 27.4 Å². The zero-order valence-electron chi connectivity index (χ0n) is 8.66. The van der Waals surface area contributed by atoms with E-state index in [-0.39, 0.29) is 17.0 Å². The normalized spacial score (nSPS) is 10.9. The number of aromatic hydroxyl groups is 1. The molecule has 0 bridgehead atoms. The third-order valence-electron chi connectivity index (χ3n) is 2.46. The first-order valence-corrected chi connectivity index (χ1v) is 4.48. The fraction of sp³-hybridized carbons (Fsp3) is 0.300. The second-order valence-electron chi connectivity index (χ2n) is 3.43. The van der Waals surface area contributed by atoms with Gasteiger partial charge in [0, 0.05) is 0 Å². The Morgan fingerprint density at radius 2 is 1.87 bits per heavy atom. The molecule has 0 unspecified atom stereocenters. The average molecular weight is 206 g/mol. The molecular formula is C10H10N2O3. The van der Waals surface area contributed by atoms with Crippen LogP contribution in [0.3, 0.4) is 0 Å². The lowest BCUT2D eigenvalue weighted by molar-refractivity contribution is 0.411. The van der Waals surface area contributed by atoms with Gasteiger partial charge in [0.2, 0.25) is 0 Å². The van der Waals surface area contributed by atoms with E-state index in [4.69, 9.17) is 4.42 Å². The van der Waals surface area contributed by atoms with E-state index in [9.17, 15) is 9.90 Å². The van der Waals surface area contributed by atoms with Crippen LogP contribution in [0.15, 0.2) is 9.21 Å². The number of fused-ring (bicyclic) bond motifs is 1. The largest absolute Gasteiger partial charge is 0.504 e. The van der Waals surface area contributed by atoms with Gasteiger partial charge in [-0.15, -0.1) is 5.10 Å². The summed E-state index contributed by atoms with van der Waals surface area (Å²) in [7, 11) is 0. The molecule has 0 radical (unpaired) electrons. The average Bonchev–Trinajstić information content (AvgIpc) is 2.19. The number of aryl methyl sites for hydroxylation is 3. The molecule has 1 N–H and O–H groups in total. The number of nitrogens with zero attached hydrogens (tertiary/aromatic N) is 2. The van der Waals surface area contributed by atoms with Gasteiger partial charge in [-0.2, -0.15) is 5.10 Å². The van der Waals surface area contributed by atoms with Gasteiger partial charge < -0.3 is 9.52 Å². The molecule has 0 aliphatic heterocycles. The second-order valence-corrected chi connectivity index (χ2v) is 3.43. The number of hydrogen-bond donors (Lipinski definition) is 1. The first-order valence-electron chi connectivity index (χ1n) is 4.48. The summed E-state index contributed by atoms with van der Waals surface area (Å²) < 4.78 is 4.81. The minimum absolute atomic E-state index is 0.0416. The van der Waals surface area contributed by atoms with Crippen molar-refractivity contribution >= 4 is 10.9 Å². The Morgan fingerprint density at radius 3 is 2.53 bits per heavy atom. The Balaban J connectivity index is 3.11. The highest BCUT2D eigenvalue weighted by Crippen LogP contribution is 2.27. The molecule has 2 aromatic rings. The molecule has 0 aliphatic carbocycles. The summed E-state index contributed by atoms with van der Waals surface area (Å²) in [6.07, 6.45) is 0. The molecule has 0 spiro atoms. The highest BCUT2D eigenvalue weighted by Gasteiger charge is 2.15. The summed E-state index contributed by atoms with van der Waals surface area (Å²) in [5.41, 5.74) is 0.924. The Kier molecular flexibility index (Phi) is 1.96. The summed E-state index contributed by atoms with van der Waals surface area (Å²) in [5, 5.41) is 17.8. The lowest BCUT2D eigenvalue weighted by Crippen LogP contribution is -2.06. The third kappa shape index (κ3) is 1.27. The molecule has 15 heavy (non-hydrogen) atoms. The predicted molar refractivity (Wildman–Crippen MR) is 53.9 cm³/mol. The molecule has 0 aromatic carbocycles. The van der Waals surface area contributed by atoms with Gasteiger partial charge in [0.05, 0.1) is 11.1 Å². The lowest BCUT2D eigenvalue weighted by atomic mass is 10.1. The lowest BCUT2D eigenvalue weighted by Gasteiger charge is -2.05. The van der Waals surface area contributed by atoms with E-state index in [0.29, 0.717) is 11.1 Å². The van der Waals surface area contributed by atoms with Gasteiger partial charge >= 0.3 is 5.63 Å². The van der Waals surface area contributed by atoms with Crippen LogP contribution in [0.5, 0.6) is 5.75 Å². The smallest absolute Gasteiger partial charge is 0.364 e. The molecule has 0 aliphatic rings. The first kappa shape index (κ1) is 9.64. The fourth-order valence-corrected chi connectivity index (χ4v) is 1.45. The van der Waals surface area contributed by atoms with E-state index < -0.39 is 5.63 Å². The molecule has 5 heteroatoms. The molecule has 2 aromatic heterocycles. The van der Waals surface area contributed by atoms with Gasteiger partial charge in [0.1, 0.15) is 5.76 Å². The van der Waals surface area contributed by atoms with Crippen molar-refractivity contribution in [2.75, 3.05) is 0 Å². The van der Waals surface area contributed by atoms with Crippen molar-refractivity contribution in [2.45, 2.75) is 20.8 Å². The van der Waals surface area contributed by atoms with Gasteiger partial charge in [-0.25, -0.2) is 4.79 Å². The molecule has 0 atom stereocenters. The van der Waals surface area contributed by atoms with Crippen molar-refractivity contribution in [1.29, 1.82) is 0 Å². The van der Waals surface area contributed by atoms with E-state index in [1.807, 2.05) is 0 Å². The van der Waals surface area contributed by atoms with Crippen molar-refractivity contribution in [3.8, 4) is 5.75 Å². The third-order valence-corrected chi connectivity index (χ3v) is 2.46. The van der Waals surface area contributed by atoms with Crippen molar-refractivity contribution in [2.24, 2.45) is 0 Å². The molecule has 0 saturated heterocycles. The Morgan fingerprint density at radius 1 is 1.20 bits per heavy atom. The highest BCUT2D eigenvalue weighted by molar-refractivity contribution is 5.87. The molecule has 0 amide bonds. The summed E-state index contributed by atoms with van der Waals surface area (Å²) in [6.45, 7) is 5.08. The van der Waals surface area contributed by atoms with Crippen LogP contribution >= 0.6 is 0 Å². The number of hydrogen-bond acceptors (Lipinski definition) is 5. The zero-order valence-corrected chi connectivity index (χ0v) is 8.66. The van der Waals surface area contributed by atoms with Crippen LogP contribution in [0.4, 0.5) is 0 Å². The Labute approximate surface area is 85.4 Å². The second kappa shape index (κ2) is 3.05. The monoisotopic (exact) mass is 206 g/mol. The summed E-state index contributed by atoms with van der Waals surface area (Å²) >= 11 is 0. The van der Waals surface area contributed by atoms with Gasteiger partial charge in [-0.1, -0.05) is 0 Å². The van der Waals surface area contributed by atoms with Crippen LogP contribution in [0.1, 0.15) is 17.0 Å². The van der Waals surface area contributed by atoms with Gasteiger partial charge in [0.25, 0.3) is 0 Å². The van der Waals surface area contributed by atoms with Crippen molar-refractivity contribution < 1.29 is 9.52 Å². The summed E-state index contributed by atoms with van der Waals surface area (Å²) in [5.74, 6) is 0.156.